The Balaban J connectivity index is 4.75. The third-order valence-electron chi connectivity index (χ3n) is 12.7. The van der Waals surface area contributed by atoms with E-state index >= 15 is 0 Å². The highest BCUT2D eigenvalue weighted by molar-refractivity contribution is 5.78. The number of nitrogens with one attached hydrogen (secondary N) is 1. The summed E-state index contributed by atoms with van der Waals surface area (Å²) in [5, 5.41) is 23.8. The fraction of sp³-hybridized carbons (Fsp3) is 0.714. The molecule has 69 heavy (non-hydrogen) atoms. The lowest BCUT2D eigenvalue weighted by atomic mass is 10.0. The first kappa shape index (κ1) is 65.8. The van der Waals surface area contributed by atoms with Crippen LogP contribution in [0.1, 0.15) is 265 Å². The molecule has 0 saturated carbocycles. The minimum absolute atomic E-state index is 0.0620. The molecule has 6 nitrogen and oxygen atoms in total. The molecule has 0 spiro atoms. The molecule has 396 valence electrons. The van der Waals surface area contributed by atoms with Crippen LogP contribution < -0.4 is 5.32 Å². The zero-order valence-electron chi connectivity index (χ0n) is 45.2. The minimum Gasteiger partial charge on any atom is -0.458 e. The van der Waals surface area contributed by atoms with Crippen LogP contribution in [0.5, 0.6) is 0 Å². The smallest absolute Gasteiger partial charge is 0.306 e. The summed E-state index contributed by atoms with van der Waals surface area (Å²) in [7, 11) is 0. The van der Waals surface area contributed by atoms with E-state index in [0.29, 0.717) is 19.3 Å². The molecule has 3 atom stereocenters. The Morgan fingerprint density at radius 2 is 0.841 bits per heavy atom. The first-order chi connectivity index (χ1) is 34.0. The normalized spacial score (nSPS) is 13.9. The molecule has 0 aliphatic carbocycles. The van der Waals surface area contributed by atoms with E-state index in [1.54, 1.807) is 6.08 Å². The second kappa shape index (κ2) is 55.7. The van der Waals surface area contributed by atoms with Gasteiger partial charge in [0.2, 0.25) is 5.91 Å². The summed E-state index contributed by atoms with van der Waals surface area (Å²) >= 11 is 0. The molecule has 0 rings (SSSR count). The van der Waals surface area contributed by atoms with Crippen molar-refractivity contribution in [3.8, 4) is 0 Å². The van der Waals surface area contributed by atoms with Crippen molar-refractivity contribution >= 4 is 11.9 Å². The number of esters is 1. The molecule has 1 amide bonds. The van der Waals surface area contributed by atoms with Crippen LogP contribution >= 0.6 is 0 Å². The van der Waals surface area contributed by atoms with Crippen molar-refractivity contribution in [2.24, 2.45) is 0 Å². The molecule has 6 heteroatoms. The van der Waals surface area contributed by atoms with Gasteiger partial charge in [-0.25, -0.2) is 0 Å². The number of amides is 1. The Morgan fingerprint density at radius 1 is 0.464 bits per heavy atom. The highest BCUT2D eigenvalue weighted by Crippen LogP contribution is 2.16. The van der Waals surface area contributed by atoms with Gasteiger partial charge < -0.3 is 20.3 Å². The van der Waals surface area contributed by atoms with E-state index < -0.39 is 18.2 Å². The maximum atomic E-state index is 13.2. The van der Waals surface area contributed by atoms with E-state index in [9.17, 15) is 19.8 Å². The molecule has 0 aromatic heterocycles. The predicted molar refractivity (Wildman–Crippen MR) is 300 cm³/mol. The summed E-state index contributed by atoms with van der Waals surface area (Å²) < 4.78 is 5.83. The minimum atomic E-state index is -0.831. The van der Waals surface area contributed by atoms with Crippen LogP contribution in [0.4, 0.5) is 0 Å². The zero-order chi connectivity index (χ0) is 50.2. The number of rotatable bonds is 51. The molecule has 0 heterocycles. The van der Waals surface area contributed by atoms with E-state index in [2.05, 4.69) is 111 Å². The number of hydrogen-bond acceptors (Lipinski definition) is 5. The van der Waals surface area contributed by atoms with Crippen molar-refractivity contribution in [2.75, 3.05) is 6.61 Å². The van der Waals surface area contributed by atoms with Crippen LogP contribution in [0.15, 0.2) is 97.2 Å². The Labute approximate surface area is 426 Å². The van der Waals surface area contributed by atoms with Gasteiger partial charge in [0, 0.05) is 6.42 Å². The van der Waals surface area contributed by atoms with Gasteiger partial charge in [-0.2, -0.15) is 0 Å². The number of hydrogen-bond donors (Lipinski definition) is 3. The fourth-order valence-corrected chi connectivity index (χ4v) is 8.30. The van der Waals surface area contributed by atoms with Gasteiger partial charge in [-0.1, -0.05) is 266 Å². The third-order valence-corrected chi connectivity index (χ3v) is 12.7. The van der Waals surface area contributed by atoms with E-state index in [1.807, 2.05) is 6.08 Å². The Morgan fingerprint density at radius 3 is 1.26 bits per heavy atom. The van der Waals surface area contributed by atoms with E-state index in [0.717, 1.165) is 83.5 Å². The van der Waals surface area contributed by atoms with E-state index in [-0.39, 0.29) is 24.9 Å². The van der Waals surface area contributed by atoms with Crippen LogP contribution in [-0.2, 0) is 14.3 Å². The van der Waals surface area contributed by atoms with Crippen molar-refractivity contribution in [3.63, 3.8) is 0 Å². The summed E-state index contributed by atoms with van der Waals surface area (Å²) in [6.45, 7) is 6.34. The van der Waals surface area contributed by atoms with Gasteiger partial charge in [-0.3, -0.25) is 9.59 Å². The summed E-state index contributed by atoms with van der Waals surface area (Å²) in [6, 6.07) is -0.755. The van der Waals surface area contributed by atoms with Crippen molar-refractivity contribution < 1.29 is 24.5 Å². The summed E-state index contributed by atoms with van der Waals surface area (Å²) in [6.07, 6.45) is 75.0. The number of unbranched alkanes of at least 4 members (excludes halogenated alkanes) is 26. The molecule has 3 unspecified atom stereocenters. The number of aliphatic hydroxyl groups is 2. The largest absolute Gasteiger partial charge is 0.458 e. The second-order valence-electron chi connectivity index (χ2n) is 19.3. The molecule has 3 N–H and O–H groups in total. The van der Waals surface area contributed by atoms with Crippen LogP contribution in [-0.4, -0.2) is 46.9 Å². The van der Waals surface area contributed by atoms with Gasteiger partial charge in [0.05, 0.1) is 25.2 Å². The van der Waals surface area contributed by atoms with Gasteiger partial charge in [-0.15, -0.1) is 0 Å². The summed E-state index contributed by atoms with van der Waals surface area (Å²) in [5.74, 6) is -0.662. The number of aliphatic hydroxyl groups excluding tert-OH is 2. The van der Waals surface area contributed by atoms with Crippen molar-refractivity contribution in [1.82, 2.24) is 5.32 Å². The van der Waals surface area contributed by atoms with Crippen molar-refractivity contribution in [3.05, 3.63) is 97.2 Å². The number of allylic oxidation sites excluding steroid dienone is 15. The van der Waals surface area contributed by atoms with Crippen LogP contribution in [0, 0.1) is 0 Å². The summed E-state index contributed by atoms with van der Waals surface area (Å²) in [5.41, 5.74) is 0. The fourth-order valence-electron chi connectivity index (χ4n) is 8.30. The van der Waals surface area contributed by atoms with Crippen molar-refractivity contribution in [2.45, 2.75) is 283 Å². The average molecular weight is 961 g/mol. The topological polar surface area (TPSA) is 95.9 Å². The maximum Gasteiger partial charge on any atom is 0.306 e. The lowest BCUT2D eigenvalue weighted by molar-refractivity contribution is -0.148. The molecule has 0 aliphatic heterocycles. The number of carbonyl (C=O) groups is 2. The van der Waals surface area contributed by atoms with E-state index in [4.69, 9.17) is 4.74 Å². The lowest BCUT2D eigenvalue weighted by Crippen LogP contribution is -2.46. The number of ether oxygens (including phenoxy) is 1. The number of carbonyl (C=O) groups excluding carboxylic acids is 2. The van der Waals surface area contributed by atoms with E-state index in [1.165, 1.54) is 135 Å². The molecular weight excluding hydrogens is 851 g/mol. The molecular formula is C63H109NO5. The van der Waals surface area contributed by atoms with Crippen LogP contribution in [0.25, 0.3) is 0 Å². The highest BCUT2D eigenvalue weighted by Gasteiger charge is 2.23. The Hall–Kier alpha value is -3.22. The van der Waals surface area contributed by atoms with Gasteiger partial charge in [0.15, 0.2) is 0 Å². The standard InChI is InChI=1S/C63H109NO5/c1-4-7-10-13-16-19-22-25-28-31-33-36-39-42-45-48-51-54-59(69-63(68)56-53-50-47-44-41-38-35-30-27-24-21-18-15-12-9-6-3)57-62(67)64-60(58-65)61(66)55-52-49-46-43-40-37-34-32-29-26-23-20-17-14-11-8-5-2/h7,10,16,19,25,28,30,33,35-36,38,41-42,45,51,54,59-61,65-66H,4-6,8-9,11-15,17-18,20-24,26-27,29,31-32,34,37,39-40,43-44,46-50,52-53,55-58H2,1-3H3,(H,64,67)/b10-7-,19-16-,28-25-,35-30+,36-33-,41-38+,45-42-,54-51-. The molecule has 0 radical (unpaired) electrons. The first-order valence-electron chi connectivity index (χ1n) is 29.0. The average Bonchev–Trinajstić information content (AvgIpc) is 3.34. The summed E-state index contributed by atoms with van der Waals surface area (Å²) in [4.78, 5) is 26.2. The van der Waals surface area contributed by atoms with Crippen LogP contribution in [0.3, 0.4) is 0 Å². The van der Waals surface area contributed by atoms with Gasteiger partial charge in [0.25, 0.3) is 0 Å². The third kappa shape index (κ3) is 51.0. The monoisotopic (exact) mass is 960 g/mol. The molecule has 0 fully saturated rings. The Kier molecular flexibility index (Phi) is 53.1. The SMILES string of the molecule is CC/C=C\C/C=C\C/C=C\C/C=C\C/C=C\C/C=C\C(CC(=O)NC(CO)C(O)CCCCCCCCCCCCCCCCCCC)OC(=O)CCCCC/C=C/C=C/CCCCCCCCC. The predicted octanol–water partition coefficient (Wildman–Crippen LogP) is 18.1. The highest BCUT2D eigenvalue weighted by atomic mass is 16.5. The Bertz CT molecular complexity index is 1350. The maximum absolute atomic E-state index is 13.2. The van der Waals surface area contributed by atoms with Crippen LogP contribution in [0.2, 0.25) is 0 Å². The zero-order valence-corrected chi connectivity index (χ0v) is 45.2. The second-order valence-corrected chi connectivity index (χ2v) is 19.3. The van der Waals surface area contributed by atoms with Crippen molar-refractivity contribution in [1.29, 1.82) is 0 Å². The van der Waals surface area contributed by atoms with Gasteiger partial charge in [-0.05, 0) is 83.1 Å². The van der Waals surface area contributed by atoms with Gasteiger partial charge >= 0.3 is 5.97 Å². The lowest BCUT2D eigenvalue weighted by Gasteiger charge is -2.23. The molecule has 0 aliphatic rings. The molecule has 0 aromatic rings. The van der Waals surface area contributed by atoms with Gasteiger partial charge in [0.1, 0.15) is 6.10 Å². The molecule has 0 saturated heterocycles. The quantitative estimate of drug-likeness (QED) is 0.0244. The molecule has 0 bridgehead atoms. The molecule has 0 aromatic carbocycles. The first-order valence-corrected chi connectivity index (χ1v) is 29.0.